The van der Waals surface area contributed by atoms with E-state index in [1.165, 1.54) is 43.5 Å². The molecule has 0 saturated carbocycles. The van der Waals surface area contributed by atoms with E-state index in [4.69, 9.17) is 11.6 Å². The Balaban J connectivity index is 1.43. The number of aryl methyl sites for hydroxylation is 1. The van der Waals surface area contributed by atoms with Gasteiger partial charge in [0.15, 0.2) is 11.6 Å². The summed E-state index contributed by atoms with van der Waals surface area (Å²) in [5.74, 6) is -4.28. The van der Waals surface area contributed by atoms with Crippen LogP contribution in [0.1, 0.15) is 49.1 Å². The van der Waals surface area contributed by atoms with Crippen molar-refractivity contribution in [3.05, 3.63) is 111 Å². The number of carbonyl (C=O) groups excluding carboxylic acids is 2. The third-order valence-corrected chi connectivity index (χ3v) is 6.89. The van der Waals surface area contributed by atoms with Crippen LogP contribution in [0, 0.1) is 12.7 Å². The number of rotatable bonds is 10. The van der Waals surface area contributed by atoms with Crippen LogP contribution in [0.5, 0.6) is 5.75 Å². The number of tetrazole rings is 1. The minimum atomic E-state index is -4.93. The second kappa shape index (κ2) is 13.4. The molecule has 0 fully saturated rings. The van der Waals surface area contributed by atoms with Crippen LogP contribution in [0.3, 0.4) is 0 Å². The van der Waals surface area contributed by atoms with Crippen molar-refractivity contribution in [3.63, 3.8) is 0 Å². The number of carbonyl (C=O) groups is 2. The fraction of sp³-hybridized carbons (Fsp3) is 0.207. The number of ketones is 1. The molecule has 11 nitrogen and oxygen atoms in total. The van der Waals surface area contributed by atoms with Gasteiger partial charge in [0, 0.05) is 24.7 Å². The molecule has 0 spiro atoms. The lowest BCUT2D eigenvalue weighted by molar-refractivity contribution is -0.274. The van der Waals surface area contributed by atoms with E-state index in [1.54, 1.807) is 0 Å². The zero-order chi connectivity index (χ0) is 34.8. The van der Waals surface area contributed by atoms with Gasteiger partial charge in [-0.2, -0.15) is 23.1 Å². The third kappa shape index (κ3) is 8.11. The van der Waals surface area contributed by atoms with Crippen molar-refractivity contribution >= 4 is 23.3 Å². The van der Waals surface area contributed by atoms with E-state index in [1.807, 2.05) is 0 Å². The summed E-state index contributed by atoms with van der Waals surface area (Å²) in [6, 6.07) is 11.1. The van der Waals surface area contributed by atoms with E-state index in [-0.39, 0.29) is 51.0 Å². The van der Waals surface area contributed by atoms with Crippen molar-refractivity contribution < 1.29 is 45.1 Å². The Morgan fingerprint density at radius 3 is 2.46 bits per heavy atom. The summed E-state index contributed by atoms with van der Waals surface area (Å²) in [4.78, 5) is 31.8. The van der Waals surface area contributed by atoms with Gasteiger partial charge in [0.25, 0.3) is 11.7 Å². The number of aromatic nitrogens is 7. The van der Waals surface area contributed by atoms with Crippen LogP contribution < -0.4 is 10.1 Å². The van der Waals surface area contributed by atoms with Gasteiger partial charge in [-0.05, 0) is 71.3 Å². The molecule has 0 unspecified atom stereocenters. The van der Waals surface area contributed by atoms with Gasteiger partial charge in [0.05, 0.1) is 10.7 Å². The Morgan fingerprint density at radius 2 is 1.77 bits per heavy atom. The van der Waals surface area contributed by atoms with E-state index >= 15 is 0 Å². The number of nitrogens with zero attached hydrogens (tertiary/aromatic N) is 7. The summed E-state index contributed by atoms with van der Waals surface area (Å²) in [5, 5.41) is 16.5. The summed E-state index contributed by atoms with van der Waals surface area (Å²) < 4.78 is 96.3. The van der Waals surface area contributed by atoms with Crippen LogP contribution in [0.15, 0.2) is 60.8 Å². The van der Waals surface area contributed by atoms with Crippen LogP contribution >= 0.6 is 11.6 Å². The number of halogens is 8. The molecular formula is C29H20ClF7N8O3. The normalized spacial score (nSPS) is 11.9. The van der Waals surface area contributed by atoms with Gasteiger partial charge in [-0.15, -0.1) is 23.4 Å². The van der Waals surface area contributed by atoms with Gasteiger partial charge in [0.2, 0.25) is 0 Å². The number of hydrogen-bond acceptors (Lipinski definition) is 8. The van der Waals surface area contributed by atoms with Crippen LogP contribution in [0.2, 0.25) is 5.02 Å². The lowest BCUT2D eigenvalue weighted by Crippen LogP contribution is -2.25. The Bertz CT molecular complexity index is 1990. The molecule has 0 atom stereocenters. The number of hydrogen-bond donors (Lipinski definition) is 1. The zero-order valence-corrected chi connectivity index (χ0v) is 25.0. The fourth-order valence-electron chi connectivity index (χ4n) is 4.56. The molecule has 2 aromatic carbocycles. The molecular weight excluding hydrogens is 677 g/mol. The average molecular weight is 697 g/mol. The van der Waals surface area contributed by atoms with Crippen LogP contribution in [-0.4, -0.2) is 53.0 Å². The minimum absolute atomic E-state index is 0.00169. The lowest BCUT2D eigenvalue weighted by atomic mass is 9.95. The van der Waals surface area contributed by atoms with Gasteiger partial charge in [0.1, 0.15) is 23.8 Å². The summed E-state index contributed by atoms with van der Waals surface area (Å²) >= 11 is 6.30. The second-order valence-electron chi connectivity index (χ2n) is 10.1. The largest absolute Gasteiger partial charge is 0.573 e. The molecule has 5 rings (SSSR count). The Hall–Kier alpha value is -5.39. The number of benzene rings is 2. The molecule has 5 aromatic rings. The van der Waals surface area contributed by atoms with E-state index in [0.29, 0.717) is 4.80 Å². The summed E-state index contributed by atoms with van der Waals surface area (Å²) in [6.45, 7) is 0.768. The van der Waals surface area contributed by atoms with Crippen LogP contribution in [0.25, 0.3) is 5.82 Å². The van der Waals surface area contributed by atoms with Crippen molar-refractivity contribution in [2.45, 2.75) is 39.0 Å². The molecule has 3 aromatic heterocycles. The Kier molecular flexibility index (Phi) is 9.47. The average Bonchev–Trinajstić information content (AvgIpc) is 3.64. The van der Waals surface area contributed by atoms with Gasteiger partial charge in [-0.3, -0.25) is 9.59 Å². The van der Waals surface area contributed by atoms with Gasteiger partial charge >= 0.3 is 12.5 Å². The van der Waals surface area contributed by atoms with E-state index in [2.05, 4.69) is 35.5 Å². The first kappa shape index (κ1) is 34.0. The maximum Gasteiger partial charge on any atom is 0.573 e. The van der Waals surface area contributed by atoms with Crippen molar-refractivity contribution in [1.82, 2.24) is 40.3 Å². The molecule has 3 heterocycles. The molecule has 19 heteroatoms. The molecule has 0 radical (unpaired) electrons. The number of ether oxygens (including phenoxy) is 1. The molecule has 48 heavy (non-hydrogen) atoms. The van der Waals surface area contributed by atoms with Crippen LogP contribution in [-0.2, 0) is 25.7 Å². The van der Waals surface area contributed by atoms with Crippen molar-refractivity contribution in [2.24, 2.45) is 0 Å². The highest BCUT2D eigenvalue weighted by Crippen LogP contribution is 2.27. The van der Waals surface area contributed by atoms with Crippen molar-refractivity contribution in [2.75, 3.05) is 0 Å². The number of nitrogens with one attached hydrogen (secondary N) is 1. The summed E-state index contributed by atoms with van der Waals surface area (Å²) in [5.41, 5.74) is 0.237. The predicted molar refractivity (Wildman–Crippen MR) is 152 cm³/mol. The van der Waals surface area contributed by atoms with Gasteiger partial charge in [-0.25, -0.2) is 14.1 Å². The smallest absolute Gasteiger partial charge is 0.406 e. The van der Waals surface area contributed by atoms with Gasteiger partial charge in [-0.1, -0.05) is 23.7 Å². The third-order valence-electron chi connectivity index (χ3n) is 6.60. The number of pyridine rings is 1. The summed E-state index contributed by atoms with van der Waals surface area (Å²) in [6.07, 6.45) is -8.89. The maximum atomic E-state index is 14.5. The fourth-order valence-corrected chi connectivity index (χ4v) is 4.76. The highest BCUT2D eigenvalue weighted by atomic mass is 35.5. The molecule has 0 aliphatic rings. The first-order valence-corrected chi connectivity index (χ1v) is 13.9. The van der Waals surface area contributed by atoms with E-state index < -0.39 is 54.6 Å². The summed E-state index contributed by atoms with van der Waals surface area (Å²) in [7, 11) is 0. The zero-order valence-electron chi connectivity index (χ0n) is 24.3. The Morgan fingerprint density at radius 1 is 1.00 bits per heavy atom. The number of alkyl halides is 6. The highest BCUT2D eigenvalue weighted by Gasteiger charge is 2.37. The minimum Gasteiger partial charge on any atom is -0.406 e. The topological polar surface area (TPSA) is 130 Å². The van der Waals surface area contributed by atoms with Gasteiger partial charge < -0.3 is 10.1 Å². The highest BCUT2D eigenvalue weighted by molar-refractivity contribution is 6.32. The first-order chi connectivity index (χ1) is 22.6. The molecule has 0 bridgehead atoms. The molecule has 1 N–H and O–H groups in total. The monoisotopic (exact) mass is 696 g/mol. The van der Waals surface area contributed by atoms with E-state index in [0.717, 1.165) is 28.9 Å². The number of amides is 1. The van der Waals surface area contributed by atoms with Crippen molar-refractivity contribution in [3.8, 4) is 11.6 Å². The lowest BCUT2D eigenvalue weighted by Gasteiger charge is -2.14. The quantitative estimate of drug-likeness (QED) is 0.146. The molecule has 1 amide bonds. The number of Topliss-reactive ketones (excluding diaryl/α,β-unsaturated/α-hetero) is 1. The molecule has 0 aliphatic carbocycles. The van der Waals surface area contributed by atoms with E-state index in [9.17, 15) is 40.3 Å². The predicted octanol–water partition coefficient (Wildman–Crippen LogP) is 5.68. The standard InChI is InChI=1S/C29H20ClF7N8O3/c1-15-8-17(31)10-21(26(47)39-13-16-4-2-5-19(9-16)48-29(35,36)37)20(15)12-24(46)23-11-18(14-44-42-27(40-43-44)28(32,33)34)41-45(23)25-22(30)6-3-7-38-25/h2-11H,12-14H2,1H3,(H,39,47). The molecule has 0 aliphatic heterocycles. The molecule has 0 saturated heterocycles. The maximum absolute atomic E-state index is 14.5. The van der Waals surface area contributed by atoms with Crippen LogP contribution in [0.4, 0.5) is 30.7 Å². The van der Waals surface area contributed by atoms with Crippen molar-refractivity contribution in [1.29, 1.82) is 0 Å². The first-order valence-electron chi connectivity index (χ1n) is 13.6. The molecule has 250 valence electrons. The Labute approximate surface area is 270 Å². The second-order valence-corrected chi connectivity index (χ2v) is 10.5. The SMILES string of the molecule is Cc1cc(F)cc(C(=O)NCc2cccc(OC(F)(F)F)c2)c1CC(=O)c1cc(Cn2nnc(C(F)(F)F)n2)nn1-c1ncccc1Cl.